The molecular weight excluding hydrogens is 404 g/mol. The van der Waals surface area contributed by atoms with Crippen LogP contribution in [0.15, 0.2) is 71.0 Å². The number of benzene rings is 3. The van der Waals surface area contributed by atoms with Crippen molar-refractivity contribution in [3.8, 4) is 0 Å². The Labute approximate surface area is 161 Å². The highest BCUT2D eigenvalue weighted by molar-refractivity contribution is 7.86. The van der Waals surface area contributed by atoms with Crippen LogP contribution in [0.5, 0.6) is 0 Å². The fraction of sp³-hybridized carbons (Fsp3) is 0. The van der Waals surface area contributed by atoms with Crippen LogP contribution in [0.2, 0.25) is 0 Å². The van der Waals surface area contributed by atoms with Gasteiger partial charge in [-0.3, -0.25) is 9.11 Å². The number of hydrogen-bond acceptors (Lipinski definition) is 6. The lowest BCUT2D eigenvalue weighted by Crippen LogP contribution is -2.06. The van der Waals surface area contributed by atoms with Gasteiger partial charge in [0.1, 0.15) is 9.79 Å². The molecule has 0 saturated carbocycles. The molecule has 146 valence electrons. The Kier molecular flexibility index (Phi) is 4.90. The van der Waals surface area contributed by atoms with Gasteiger partial charge in [0.15, 0.2) is 0 Å². The summed E-state index contributed by atoms with van der Waals surface area (Å²) in [6, 6.07) is 12.9. The zero-order valence-electron chi connectivity index (χ0n) is 14.3. The lowest BCUT2D eigenvalue weighted by Gasteiger charge is -2.16. The first-order valence-electron chi connectivity index (χ1n) is 7.81. The van der Waals surface area contributed by atoms with Gasteiger partial charge in [-0.25, -0.2) is 0 Å². The molecule has 0 heterocycles. The summed E-state index contributed by atoms with van der Waals surface area (Å²) in [5.74, 6) is 0. The molecule has 0 aliphatic carbocycles. The van der Waals surface area contributed by atoms with Gasteiger partial charge in [0.25, 0.3) is 20.2 Å². The first kappa shape index (κ1) is 19.8. The van der Waals surface area contributed by atoms with Crippen molar-refractivity contribution in [2.24, 2.45) is 0 Å². The van der Waals surface area contributed by atoms with Crippen molar-refractivity contribution in [1.29, 1.82) is 0 Å². The van der Waals surface area contributed by atoms with Crippen LogP contribution in [0, 0.1) is 0 Å². The van der Waals surface area contributed by atoms with Crippen LogP contribution in [-0.4, -0.2) is 25.9 Å². The molecule has 0 radical (unpaired) electrons. The van der Waals surface area contributed by atoms with Gasteiger partial charge in [0, 0.05) is 27.8 Å². The smallest absolute Gasteiger partial charge is 0.295 e. The SMILES string of the molecule is C=C(Nc1ccc(S(=O)(=O)O)c2cccc(S(=O)(=O)O)c12)c1cccc(N)c1. The molecule has 0 aliphatic rings. The number of fused-ring (bicyclic) bond motifs is 1. The van der Waals surface area contributed by atoms with Crippen LogP contribution in [0.3, 0.4) is 0 Å². The van der Waals surface area contributed by atoms with E-state index in [0.717, 1.165) is 12.1 Å². The first-order valence-corrected chi connectivity index (χ1v) is 10.7. The number of nitrogen functional groups attached to an aromatic ring is 1. The van der Waals surface area contributed by atoms with Crippen LogP contribution in [0.1, 0.15) is 5.56 Å². The Bertz CT molecular complexity index is 1320. The lowest BCUT2D eigenvalue weighted by atomic mass is 10.1. The van der Waals surface area contributed by atoms with Crippen molar-refractivity contribution in [1.82, 2.24) is 0 Å². The molecule has 0 fully saturated rings. The molecule has 0 aromatic heterocycles. The van der Waals surface area contributed by atoms with Gasteiger partial charge >= 0.3 is 0 Å². The number of rotatable bonds is 5. The minimum atomic E-state index is -4.69. The van der Waals surface area contributed by atoms with Gasteiger partial charge in [0.05, 0.1) is 0 Å². The average molecular weight is 420 g/mol. The van der Waals surface area contributed by atoms with Crippen LogP contribution < -0.4 is 11.1 Å². The Morgan fingerprint density at radius 1 is 0.893 bits per heavy atom. The summed E-state index contributed by atoms with van der Waals surface area (Å²) in [5, 5.41) is 2.73. The van der Waals surface area contributed by atoms with E-state index in [-0.39, 0.29) is 16.5 Å². The molecule has 0 bridgehead atoms. The van der Waals surface area contributed by atoms with Crippen molar-refractivity contribution >= 4 is 48.1 Å². The summed E-state index contributed by atoms with van der Waals surface area (Å²) in [6.45, 7) is 3.88. The Balaban J connectivity index is 2.27. The maximum absolute atomic E-state index is 11.8. The summed E-state index contributed by atoms with van der Waals surface area (Å²) in [5.41, 5.74) is 7.40. The maximum atomic E-state index is 11.8. The van der Waals surface area contributed by atoms with E-state index in [0.29, 0.717) is 16.9 Å². The van der Waals surface area contributed by atoms with Crippen molar-refractivity contribution in [2.45, 2.75) is 9.79 Å². The second-order valence-electron chi connectivity index (χ2n) is 5.97. The van der Waals surface area contributed by atoms with E-state index in [2.05, 4.69) is 11.9 Å². The number of nitrogens with one attached hydrogen (secondary N) is 1. The monoisotopic (exact) mass is 420 g/mol. The third-order valence-electron chi connectivity index (χ3n) is 4.04. The topological polar surface area (TPSA) is 147 Å². The molecule has 0 atom stereocenters. The zero-order chi connectivity index (χ0) is 20.7. The molecule has 0 amide bonds. The van der Waals surface area contributed by atoms with Gasteiger partial charge in [-0.1, -0.05) is 30.8 Å². The minimum absolute atomic E-state index is 0.0806. The molecule has 3 aromatic carbocycles. The Morgan fingerprint density at radius 3 is 2.14 bits per heavy atom. The van der Waals surface area contributed by atoms with Crippen molar-refractivity contribution in [3.63, 3.8) is 0 Å². The Hall–Kier alpha value is -2.92. The van der Waals surface area contributed by atoms with Gasteiger partial charge < -0.3 is 11.1 Å². The molecule has 28 heavy (non-hydrogen) atoms. The largest absolute Gasteiger partial charge is 0.399 e. The fourth-order valence-electron chi connectivity index (χ4n) is 2.85. The third-order valence-corrected chi connectivity index (χ3v) is 5.85. The van der Waals surface area contributed by atoms with E-state index in [4.69, 9.17) is 5.73 Å². The van der Waals surface area contributed by atoms with Gasteiger partial charge in [-0.05, 0) is 35.9 Å². The predicted molar refractivity (Wildman–Crippen MR) is 107 cm³/mol. The molecule has 0 unspecified atom stereocenters. The molecule has 0 spiro atoms. The molecule has 5 N–H and O–H groups in total. The highest BCUT2D eigenvalue weighted by atomic mass is 32.2. The molecule has 3 aromatic rings. The van der Waals surface area contributed by atoms with Crippen molar-refractivity contribution < 1.29 is 25.9 Å². The van der Waals surface area contributed by atoms with Crippen molar-refractivity contribution in [3.05, 3.63) is 66.7 Å². The van der Waals surface area contributed by atoms with Crippen LogP contribution in [0.4, 0.5) is 11.4 Å². The highest BCUT2D eigenvalue weighted by Gasteiger charge is 2.22. The normalized spacial score (nSPS) is 12.1. The quantitative estimate of drug-likeness (QED) is 0.364. The molecule has 10 heteroatoms. The van der Waals surface area contributed by atoms with Gasteiger partial charge in [0.2, 0.25) is 0 Å². The first-order chi connectivity index (χ1) is 13.0. The number of hydrogen-bond donors (Lipinski definition) is 4. The van der Waals surface area contributed by atoms with Crippen molar-refractivity contribution in [2.75, 3.05) is 11.1 Å². The molecule has 0 saturated heterocycles. The number of anilines is 2. The van der Waals surface area contributed by atoms with E-state index in [1.54, 1.807) is 24.3 Å². The minimum Gasteiger partial charge on any atom is -0.399 e. The zero-order valence-corrected chi connectivity index (χ0v) is 16.0. The molecular formula is C18H16N2O6S2. The summed E-state index contributed by atoms with van der Waals surface area (Å²) >= 11 is 0. The van der Waals surface area contributed by atoms with Gasteiger partial charge in [-0.2, -0.15) is 16.8 Å². The van der Waals surface area contributed by atoms with E-state index >= 15 is 0 Å². The van der Waals surface area contributed by atoms with E-state index in [1.807, 2.05) is 0 Å². The third kappa shape index (κ3) is 3.85. The second-order valence-corrected chi connectivity index (χ2v) is 8.75. The molecule has 0 aliphatic heterocycles. The maximum Gasteiger partial charge on any atom is 0.295 e. The lowest BCUT2D eigenvalue weighted by molar-refractivity contribution is 0.481. The van der Waals surface area contributed by atoms with E-state index in [1.165, 1.54) is 18.2 Å². The second kappa shape index (κ2) is 6.91. The number of nitrogens with two attached hydrogens (primary N) is 1. The average Bonchev–Trinajstić information content (AvgIpc) is 2.59. The summed E-state index contributed by atoms with van der Waals surface area (Å²) < 4.78 is 66.1. The highest BCUT2D eigenvalue weighted by Crippen LogP contribution is 2.35. The van der Waals surface area contributed by atoms with E-state index in [9.17, 15) is 25.9 Å². The summed E-state index contributed by atoms with van der Waals surface area (Å²) in [7, 11) is -9.33. The predicted octanol–water partition coefficient (Wildman–Crippen LogP) is 3.00. The van der Waals surface area contributed by atoms with Crippen LogP contribution in [-0.2, 0) is 20.2 Å². The molecule has 3 rings (SSSR count). The van der Waals surface area contributed by atoms with E-state index < -0.39 is 30.0 Å². The summed E-state index contributed by atoms with van der Waals surface area (Å²) in [6.07, 6.45) is 0. The fourth-order valence-corrected chi connectivity index (χ4v) is 4.27. The standard InChI is InChI=1S/C18H16N2O6S2/c1-11(12-4-2-5-13(19)10-12)20-15-8-9-16(27(21,22)23)14-6-3-7-17(18(14)15)28(24,25)26/h2-10,20H,1,19H2,(H,21,22,23)(H,24,25,26). The Morgan fingerprint density at radius 2 is 1.54 bits per heavy atom. The van der Waals surface area contributed by atoms with Crippen LogP contribution in [0.25, 0.3) is 16.5 Å². The molecule has 8 nitrogen and oxygen atoms in total. The summed E-state index contributed by atoms with van der Waals surface area (Å²) in [4.78, 5) is -1.01. The van der Waals surface area contributed by atoms with Crippen LogP contribution >= 0.6 is 0 Å². The van der Waals surface area contributed by atoms with Gasteiger partial charge in [-0.15, -0.1) is 0 Å².